The van der Waals surface area contributed by atoms with Gasteiger partial charge in [0, 0.05) is 19.6 Å². The Kier molecular flexibility index (Phi) is 5.38. The van der Waals surface area contributed by atoms with E-state index in [0.717, 1.165) is 45.2 Å². The highest BCUT2D eigenvalue weighted by molar-refractivity contribution is 5.29. The second-order valence-electron chi connectivity index (χ2n) is 6.92. The molecule has 124 valence electrons. The van der Waals surface area contributed by atoms with Crippen molar-refractivity contribution in [2.45, 2.75) is 56.8 Å². The van der Waals surface area contributed by atoms with Gasteiger partial charge in [0.05, 0.1) is 12.7 Å². The molecule has 0 spiro atoms. The molecule has 1 N–H and O–H groups in total. The third kappa shape index (κ3) is 4.14. The molecule has 1 atom stereocenters. The first kappa shape index (κ1) is 16.5. The highest BCUT2D eigenvalue weighted by Crippen LogP contribution is 2.31. The maximum Gasteiger partial charge on any atom is 0.128 e. The number of benzene rings is 1. The summed E-state index contributed by atoms with van der Waals surface area (Å²) in [6, 6.07) is 8.56. The average molecular weight is 313 g/mol. The summed E-state index contributed by atoms with van der Waals surface area (Å²) in [5, 5.41) is 10.4. The number of hydrogen-bond donors (Lipinski definition) is 1. The molecule has 0 amide bonds. The summed E-state index contributed by atoms with van der Waals surface area (Å²) in [4.78, 5) is 2.31. The quantitative estimate of drug-likeness (QED) is 0.849. The van der Waals surface area contributed by atoms with Gasteiger partial charge in [-0.2, -0.15) is 0 Å². The molecule has 0 bridgehead atoms. The lowest BCUT2D eigenvalue weighted by Crippen LogP contribution is -2.41. The number of rotatable bonds is 5. The van der Waals surface area contributed by atoms with E-state index in [9.17, 15) is 5.11 Å². The van der Waals surface area contributed by atoms with Crippen molar-refractivity contribution in [3.8, 4) is 12.3 Å². The van der Waals surface area contributed by atoms with E-state index < -0.39 is 11.7 Å². The van der Waals surface area contributed by atoms with Crippen LogP contribution in [0.1, 0.15) is 43.2 Å². The number of hydrogen-bond acceptors (Lipinski definition) is 3. The third-order valence-electron chi connectivity index (χ3n) is 5.15. The molecule has 0 radical (unpaired) electrons. The molecule has 1 aliphatic carbocycles. The van der Waals surface area contributed by atoms with Gasteiger partial charge in [0.25, 0.3) is 0 Å². The number of terminal acetylenes is 1. The van der Waals surface area contributed by atoms with Crippen LogP contribution in [0.3, 0.4) is 0 Å². The Bertz CT molecular complexity index is 557. The molecule has 1 fully saturated rings. The van der Waals surface area contributed by atoms with Crippen LogP contribution in [0.25, 0.3) is 0 Å². The fraction of sp³-hybridized carbons (Fsp3) is 0.600. The van der Waals surface area contributed by atoms with Crippen molar-refractivity contribution < 1.29 is 9.84 Å². The highest BCUT2D eigenvalue weighted by Gasteiger charge is 2.31. The molecular formula is C20H27NO2. The van der Waals surface area contributed by atoms with Crippen LogP contribution in [-0.2, 0) is 17.7 Å². The molecular weight excluding hydrogens is 286 g/mol. The zero-order chi connectivity index (χ0) is 16.1. The Labute approximate surface area is 139 Å². The number of β-amino-alcohol motifs (C(OH)–C–C–N with tert-alkyl or cyclic N) is 1. The summed E-state index contributed by atoms with van der Waals surface area (Å²) >= 11 is 0. The maximum atomic E-state index is 10.4. The lowest BCUT2D eigenvalue weighted by atomic mass is 9.85. The van der Waals surface area contributed by atoms with Gasteiger partial charge in [-0.15, -0.1) is 6.42 Å². The van der Waals surface area contributed by atoms with Gasteiger partial charge in [0.1, 0.15) is 5.60 Å². The Morgan fingerprint density at radius 3 is 2.70 bits per heavy atom. The fourth-order valence-corrected chi connectivity index (χ4v) is 3.77. The van der Waals surface area contributed by atoms with Crippen molar-refractivity contribution in [2.75, 3.05) is 19.7 Å². The van der Waals surface area contributed by atoms with Crippen LogP contribution in [0.5, 0.6) is 0 Å². The van der Waals surface area contributed by atoms with Gasteiger partial charge in [-0.3, -0.25) is 4.90 Å². The maximum absolute atomic E-state index is 10.4. The molecule has 1 aromatic carbocycles. The minimum Gasteiger partial charge on any atom is -0.389 e. The molecule has 2 aliphatic rings. The first-order chi connectivity index (χ1) is 11.2. The molecule has 1 aliphatic heterocycles. The van der Waals surface area contributed by atoms with E-state index in [4.69, 9.17) is 11.2 Å². The molecule has 0 saturated heterocycles. The van der Waals surface area contributed by atoms with Crippen LogP contribution in [0, 0.1) is 12.3 Å². The van der Waals surface area contributed by atoms with Gasteiger partial charge in [-0.1, -0.05) is 36.6 Å². The number of fused-ring (bicyclic) bond motifs is 1. The summed E-state index contributed by atoms with van der Waals surface area (Å²) in [6.07, 6.45) is 11.6. The number of ether oxygens (including phenoxy) is 1. The molecule has 3 heteroatoms. The van der Waals surface area contributed by atoms with Crippen LogP contribution in [0.4, 0.5) is 0 Å². The minimum atomic E-state index is -0.479. The van der Waals surface area contributed by atoms with Crippen molar-refractivity contribution in [2.24, 2.45) is 0 Å². The van der Waals surface area contributed by atoms with E-state index in [-0.39, 0.29) is 0 Å². The van der Waals surface area contributed by atoms with Crippen LogP contribution in [0.15, 0.2) is 24.3 Å². The van der Waals surface area contributed by atoms with Crippen molar-refractivity contribution in [3.63, 3.8) is 0 Å². The van der Waals surface area contributed by atoms with Crippen LogP contribution < -0.4 is 0 Å². The summed E-state index contributed by atoms with van der Waals surface area (Å²) in [6.45, 7) is 2.89. The number of aliphatic hydroxyl groups is 1. The first-order valence-electron chi connectivity index (χ1n) is 8.80. The van der Waals surface area contributed by atoms with Crippen molar-refractivity contribution in [1.82, 2.24) is 4.90 Å². The van der Waals surface area contributed by atoms with Crippen LogP contribution >= 0.6 is 0 Å². The Hall–Kier alpha value is -1.34. The fourth-order valence-electron chi connectivity index (χ4n) is 3.77. The predicted octanol–water partition coefficient (Wildman–Crippen LogP) is 2.76. The Morgan fingerprint density at radius 1 is 1.22 bits per heavy atom. The highest BCUT2D eigenvalue weighted by atomic mass is 16.5. The van der Waals surface area contributed by atoms with Crippen LogP contribution in [-0.4, -0.2) is 41.4 Å². The summed E-state index contributed by atoms with van der Waals surface area (Å²) in [5.41, 5.74) is 2.37. The zero-order valence-corrected chi connectivity index (χ0v) is 13.8. The van der Waals surface area contributed by atoms with Gasteiger partial charge < -0.3 is 9.84 Å². The van der Waals surface area contributed by atoms with Crippen molar-refractivity contribution in [3.05, 3.63) is 35.4 Å². The van der Waals surface area contributed by atoms with Gasteiger partial charge in [0.15, 0.2) is 0 Å². The van der Waals surface area contributed by atoms with Gasteiger partial charge in [-0.05, 0) is 43.2 Å². The molecule has 1 heterocycles. The normalized spacial score (nSPS) is 22.1. The monoisotopic (exact) mass is 313 g/mol. The van der Waals surface area contributed by atoms with E-state index in [1.54, 1.807) is 0 Å². The summed E-state index contributed by atoms with van der Waals surface area (Å²) in [7, 11) is 0. The Balaban J connectivity index is 1.48. The van der Waals surface area contributed by atoms with Crippen molar-refractivity contribution >= 4 is 0 Å². The summed E-state index contributed by atoms with van der Waals surface area (Å²) < 4.78 is 5.98. The van der Waals surface area contributed by atoms with E-state index in [1.807, 2.05) is 0 Å². The number of aliphatic hydroxyl groups excluding tert-OH is 1. The smallest absolute Gasteiger partial charge is 0.128 e. The van der Waals surface area contributed by atoms with E-state index in [2.05, 4.69) is 35.1 Å². The molecule has 1 aromatic rings. The van der Waals surface area contributed by atoms with E-state index >= 15 is 0 Å². The molecule has 0 unspecified atom stereocenters. The lowest BCUT2D eigenvalue weighted by molar-refractivity contribution is -0.0703. The van der Waals surface area contributed by atoms with Gasteiger partial charge >= 0.3 is 0 Å². The second-order valence-corrected chi connectivity index (χ2v) is 6.92. The molecule has 3 nitrogen and oxygen atoms in total. The largest absolute Gasteiger partial charge is 0.389 e. The zero-order valence-electron chi connectivity index (χ0n) is 13.8. The van der Waals surface area contributed by atoms with E-state index in [0.29, 0.717) is 13.2 Å². The second kappa shape index (κ2) is 7.49. The predicted molar refractivity (Wildman–Crippen MR) is 92.0 cm³/mol. The van der Waals surface area contributed by atoms with Gasteiger partial charge in [0.2, 0.25) is 0 Å². The first-order valence-corrected chi connectivity index (χ1v) is 8.80. The van der Waals surface area contributed by atoms with Gasteiger partial charge in [-0.25, -0.2) is 0 Å². The van der Waals surface area contributed by atoms with Crippen molar-refractivity contribution in [1.29, 1.82) is 0 Å². The van der Waals surface area contributed by atoms with Crippen LogP contribution in [0.2, 0.25) is 0 Å². The standard InChI is InChI=1S/C20H27NO2/c1-2-20(11-6-3-7-12-20)23-16-19(22)15-21-13-10-17-8-4-5-9-18(17)14-21/h1,4-5,8-9,19,22H,3,6-7,10-16H2/t19-/m0/s1. The Morgan fingerprint density at radius 2 is 1.96 bits per heavy atom. The molecule has 23 heavy (non-hydrogen) atoms. The average Bonchev–Trinajstić information content (AvgIpc) is 2.61. The minimum absolute atomic E-state index is 0.336. The number of nitrogens with zero attached hydrogens (tertiary/aromatic N) is 1. The lowest BCUT2D eigenvalue weighted by Gasteiger charge is -2.34. The third-order valence-corrected chi connectivity index (χ3v) is 5.15. The molecule has 1 saturated carbocycles. The SMILES string of the molecule is C#CC1(OC[C@@H](O)CN2CCc3ccccc3C2)CCCCC1. The molecule has 0 aromatic heterocycles. The van der Waals surface area contributed by atoms with E-state index in [1.165, 1.54) is 17.5 Å². The summed E-state index contributed by atoms with van der Waals surface area (Å²) in [5.74, 6) is 2.84. The topological polar surface area (TPSA) is 32.7 Å². The molecule has 3 rings (SSSR count).